The maximum Gasteiger partial charge on any atom is 0.228 e. The molecule has 3 nitrogen and oxygen atoms in total. The second-order valence-corrected chi connectivity index (χ2v) is 6.33. The average Bonchev–Trinajstić information content (AvgIpc) is 3.08. The molecule has 0 aromatic heterocycles. The second kappa shape index (κ2) is 7.04. The Bertz CT molecular complexity index is 737. The van der Waals surface area contributed by atoms with E-state index < -0.39 is 5.82 Å². The molecule has 0 aliphatic carbocycles. The van der Waals surface area contributed by atoms with Crippen molar-refractivity contribution in [1.82, 2.24) is 4.90 Å². The largest absolute Gasteiger partial charge is 0.353 e. The molecule has 1 aliphatic heterocycles. The number of rotatable bonds is 3. The first kappa shape index (κ1) is 15.9. The zero-order valence-electron chi connectivity index (χ0n) is 12.5. The number of hydrogen-bond donors (Lipinski definition) is 0. The quantitative estimate of drug-likeness (QED) is 0.446. The summed E-state index contributed by atoms with van der Waals surface area (Å²) in [5, 5.41) is 0. The molecule has 0 saturated carbocycles. The second-order valence-electron chi connectivity index (χ2n) is 5.42. The predicted octanol–water partition coefficient (Wildman–Crippen LogP) is 4.60. The monoisotopic (exact) mass is 374 g/mol. The fourth-order valence-electron chi connectivity index (χ4n) is 2.58. The van der Waals surface area contributed by atoms with E-state index in [0.29, 0.717) is 11.4 Å². The molecule has 0 atom stereocenters. The highest BCUT2D eigenvalue weighted by molar-refractivity contribution is 9.10. The molecule has 2 aromatic rings. The number of nitrogens with zero attached hydrogens (tertiary/aromatic N) is 2. The Kier molecular flexibility index (Phi) is 4.86. The SMILES string of the molecule is O=C(C(=Nc1ccccc1F)N1CCCC1)c1ccc(Br)cc1. The number of carbonyl (C=O) groups is 1. The van der Waals surface area contributed by atoms with Gasteiger partial charge in [0.05, 0.1) is 0 Å². The molecule has 1 fully saturated rings. The molecule has 5 heteroatoms. The third-order valence-electron chi connectivity index (χ3n) is 3.79. The number of aliphatic imine (C=N–C) groups is 1. The Morgan fingerprint density at radius 1 is 1.04 bits per heavy atom. The normalized spacial score (nSPS) is 15.0. The number of Topliss-reactive ketones (excluding diaryl/α,β-unsaturated/α-hetero) is 1. The third-order valence-corrected chi connectivity index (χ3v) is 4.32. The predicted molar refractivity (Wildman–Crippen MR) is 92.8 cm³/mol. The van der Waals surface area contributed by atoms with E-state index in [1.54, 1.807) is 30.3 Å². The molecule has 0 bridgehead atoms. The lowest BCUT2D eigenvalue weighted by atomic mass is 10.1. The van der Waals surface area contributed by atoms with E-state index in [-0.39, 0.29) is 11.5 Å². The summed E-state index contributed by atoms with van der Waals surface area (Å²) in [6.45, 7) is 1.55. The number of amidine groups is 1. The van der Waals surface area contributed by atoms with Crippen molar-refractivity contribution in [2.24, 2.45) is 4.99 Å². The number of halogens is 2. The molecule has 1 aliphatic rings. The summed E-state index contributed by atoms with van der Waals surface area (Å²) in [7, 11) is 0. The minimum Gasteiger partial charge on any atom is -0.353 e. The summed E-state index contributed by atoms with van der Waals surface area (Å²) in [4.78, 5) is 19.1. The van der Waals surface area contributed by atoms with Gasteiger partial charge in [0.1, 0.15) is 11.5 Å². The number of benzene rings is 2. The van der Waals surface area contributed by atoms with Crippen LogP contribution in [0.2, 0.25) is 0 Å². The van der Waals surface area contributed by atoms with Gasteiger partial charge in [0.2, 0.25) is 5.78 Å². The summed E-state index contributed by atoms with van der Waals surface area (Å²) in [6.07, 6.45) is 2.04. The first-order chi connectivity index (χ1) is 11.1. The molecule has 118 valence electrons. The zero-order chi connectivity index (χ0) is 16.2. The lowest BCUT2D eigenvalue weighted by molar-refractivity contribution is 0.105. The summed E-state index contributed by atoms with van der Waals surface area (Å²) < 4.78 is 14.8. The Hall–Kier alpha value is -2.01. The first-order valence-electron chi connectivity index (χ1n) is 7.53. The van der Waals surface area contributed by atoms with Crippen LogP contribution >= 0.6 is 15.9 Å². The van der Waals surface area contributed by atoms with Crippen LogP contribution in [0.4, 0.5) is 10.1 Å². The molecule has 0 radical (unpaired) electrons. The van der Waals surface area contributed by atoms with Crippen LogP contribution in [0.1, 0.15) is 23.2 Å². The Balaban J connectivity index is 2.00. The molecular formula is C18H16BrFN2O. The number of likely N-dealkylation sites (tertiary alicyclic amines) is 1. The van der Waals surface area contributed by atoms with Crippen molar-refractivity contribution in [3.8, 4) is 0 Å². The summed E-state index contributed by atoms with van der Waals surface area (Å²) >= 11 is 3.36. The van der Waals surface area contributed by atoms with E-state index in [0.717, 1.165) is 30.4 Å². The lowest BCUT2D eigenvalue weighted by Crippen LogP contribution is -2.34. The van der Waals surface area contributed by atoms with Gasteiger partial charge in [-0.25, -0.2) is 9.38 Å². The number of ketones is 1. The van der Waals surface area contributed by atoms with Crippen LogP contribution < -0.4 is 0 Å². The van der Waals surface area contributed by atoms with Gasteiger partial charge in [0.25, 0.3) is 0 Å². The molecule has 2 aromatic carbocycles. The number of hydrogen-bond acceptors (Lipinski definition) is 2. The van der Waals surface area contributed by atoms with E-state index in [9.17, 15) is 9.18 Å². The minimum atomic E-state index is -0.423. The van der Waals surface area contributed by atoms with E-state index in [1.807, 2.05) is 17.0 Å². The van der Waals surface area contributed by atoms with Gasteiger partial charge in [0.15, 0.2) is 5.84 Å². The summed E-state index contributed by atoms with van der Waals surface area (Å²) in [5.74, 6) is -0.287. The Labute approximate surface area is 143 Å². The maximum atomic E-state index is 13.9. The van der Waals surface area contributed by atoms with E-state index in [4.69, 9.17) is 0 Å². The molecule has 23 heavy (non-hydrogen) atoms. The van der Waals surface area contributed by atoms with Crippen LogP contribution in [-0.4, -0.2) is 29.6 Å². The standard InChI is InChI=1S/C18H16BrFN2O/c19-14-9-7-13(8-10-14)17(23)18(22-11-3-4-12-22)21-16-6-2-1-5-15(16)20/h1-2,5-10H,3-4,11-12H2. The highest BCUT2D eigenvalue weighted by Gasteiger charge is 2.24. The van der Waals surface area contributed by atoms with Crippen molar-refractivity contribution < 1.29 is 9.18 Å². The maximum absolute atomic E-state index is 13.9. The van der Waals surface area contributed by atoms with Gasteiger partial charge < -0.3 is 4.90 Å². The molecule has 0 amide bonds. The van der Waals surface area contributed by atoms with Gasteiger partial charge in [-0.05, 0) is 49.2 Å². The van der Waals surface area contributed by atoms with Crippen molar-refractivity contribution in [2.45, 2.75) is 12.8 Å². The fraction of sp³-hybridized carbons (Fsp3) is 0.222. The molecule has 1 saturated heterocycles. The van der Waals surface area contributed by atoms with Crippen LogP contribution in [-0.2, 0) is 0 Å². The average molecular weight is 375 g/mol. The molecule has 3 rings (SSSR count). The Morgan fingerprint density at radius 3 is 2.35 bits per heavy atom. The summed E-state index contributed by atoms with van der Waals surface area (Å²) in [6, 6.07) is 13.4. The van der Waals surface area contributed by atoms with E-state index in [1.165, 1.54) is 6.07 Å². The topological polar surface area (TPSA) is 32.7 Å². The lowest BCUT2D eigenvalue weighted by Gasteiger charge is -2.19. The van der Waals surface area contributed by atoms with Crippen molar-refractivity contribution in [3.05, 3.63) is 64.4 Å². The van der Waals surface area contributed by atoms with Gasteiger partial charge in [-0.15, -0.1) is 0 Å². The number of carbonyl (C=O) groups excluding carboxylic acids is 1. The minimum absolute atomic E-state index is 0.178. The highest BCUT2D eigenvalue weighted by atomic mass is 79.9. The molecule has 0 N–H and O–H groups in total. The summed E-state index contributed by atoms with van der Waals surface area (Å²) in [5.41, 5.74) is 0.745. The van der Waals surface area contributed by atoms with Crippen LogP contribution in [0.15, 0.2) is 58.0 Å². The Morgan fingerprint density at radius 2 is 1.70 bits per heavy atom. The van der Waals surface area contributed by atoms with E-state index >= 15 is 0 Å². The molecule has 0 unspecified atom stereocenters. The van der Waals surface area contributed by atoms with Crippen LogP contribution in [0.3, 0.4) is 0 Å². The number of para-hydroxylation sites is 1. The van der Waals surface area contributed by atoms with Crippen LogP contribution in [0, 0.1) is 5.82 Å². The smallest absolute Gasteiger partial charge is 0.228 e. The van der Waals surface area contributed by atoms with Gasteiger partial charge >= 0.3 is 0 Å². The van der Waals surface area contributed by atoms with Gasteiger partial charge in [0, 0.05) is 23.1 Å². The first-order valence-corrected chi connectivity index (χ1v) is 8.33. The van der Waals surface area contributed by atoms with Crippen molar-refractivity contribution in [2.75, 3.05) is 13.1 Å². The van der Waals surface area contributed by atoms with Crippen LogP contribution in [0.25, 0.3) is 0 Å². The van der Waals surface area contributed by atoms with Crippen molar-refractivity contribution >= 4 is 33.2 Å². The van der Waals surface area contributed by atoms with Gasteiger partial charge in [-0.1, -0.05) is 28.1 Å². The fourth-order valence-corrected chi connectivity index (χ4v) is 2.85. The van der Waals surface area contributed by atoms with Gasteiger partial charge in [-0.3, -0.25) is 4.79 Å². The van der Waals surface area contributed by atoms with Crippen molar-refractivity contribution in [1.29, 1.82) is 0 Å². The molecular weight excluding hydrogens is 359 g/mol. The highest BCUT2D eigenvalue weighted by Crippen LogP contribution is 2.21. The third kappa shape index (κ3) is 3.67. The van der Waals surface area contributed by atoms with E-state index in [2.05, 4.69) is 20.9 Å². The zero-order valence-corrected chi connectivity index (χ0v) is 14.1. The van der Waals surface area contributed by atoms with Crippen LogP contribution in [0.5, 0.6) is 0 Å². The van der Waals surface area contributed by atoms with Crippen molar-refractivity contribution in [3.63, 3.8) is 0 Å². The van der Waals surface area contributed by atoms with Gasteiger partial charge in [-0.2, -0.15) is 0 Å². The molecule has 0 spiro atoms. The molecule has 1 heterocycles.